The minimum atomic E-state index is -4.42. The van der Waals surface area contributed by atoms with Crippen molar-refractivity contribution in [3.8, 4) is 0 Å². The van der Waals surface area contributed by atoms with Gasteiger partial charge in [0.2, 0.25) is 0 Å². The molecule has 0 aromatic carbocycles. The van der Waals surface area contributed by atoms with Crippen LogP contribution in [0.5, 0.6) is 0 Å². The molecule has 6 heteroatoms. The highest BCUT2D eigenvalue weighted by Crippen LogP contribution is 2.26. The minimum absolute atomic E-state index is 0.0257. The SMILES string of the molecule is C=C[C@@H]1C[C@@H](C)CN(S(=O)(=O)C(F)F)C1. The van der Waals surface area contributed by atoms with Crippen LogP contribution in [0.1, 0.15) is 13.3 Å². The molecule has 1 fully saturated rings. The number of alkyl halides is 2. The van der Waals surface area contributed by atoms with Gasteiger partial charge in [-0.2, -0.15) is 13.1 Å². The molecule has 88 valence electrons. The molecule has 0 unspecified atom stereocenters. The van der Waals surface area contributed by atoms with E-state index in [4.69, 9.17) is 0 Å². The maximum atomic E-state index is 12.3. The number of halogens is 2. The Balaban J connectivity index is 2.83. The Labute approximate surface area is 88.8 Å². The van der Waals surface area contributed by atoms with Crippen molar-refractivity contribution in [1.29, 1.82) is 0 Å². The number of sulfonamides is 1. The molecular weight excluding hydrogens is 224 g/mol. The van der Waals surface area contributed by atoms with Crippen molar-refractivity contribution in [1.82, 2.24) is 4.31 Å². The Bertz CT molecular complexity index is 329. The summed E-state index contributed by atoms with van der Waals surface area (Å²) < 4.78 is 47.9. The monoisotopic (exact) mass is 239 g/mol. The standard InChI is InChI=1S/C9H15F2NO2S/c1-3-8-4-7(2)5-12(6-8)15(13,14)9(10)11/h3,7-9H,1,4-6H2,2H3/t7-,8-/m1/s1. The first-order valence-electron chi connectivity index (χ1n) is 4.77. The van der Waals surface area contributed by atoms with Crippen molar-refractivity contribution in [2.45, 2.75) is 19.1 Å². The average molecular weight is 239 g/mol. The summed E-state index contributed by atoms with van der Waals surface area (Å²) in [5.41, 5.74) is 0. The van der Waals surface area contributed by atoms with Gasteiger partial charge in [0.25, 0.3) is 10.0 Å². The highest BCUT2D eigenvalue weighted by atomic mass is 32.2. The second-order valence-corrected chi connectivity index (χ2v) is 5.86. The zero-order valence-corrected chi connectivity index (χ0v) is 9.38. The summed E-state index contributed by atoms with van der Waals surface area (Å²) >= 11 is 0. The summed E-state index contributed by atoms with van der Waals surface area (Å²) in [6.45, 7) is 5.73. The Hall–Kier alpha value is -0.490. The average Bonchev–Trinajstić information content (AvgIpc) is 2.16. The lowest BCUT2D eigenvalue weighted by Gasteiger charge is -2.33. The van der Waals surface area contributed by atoms with Gasteiger partial charge in [-0.15, -0.1) is 6.58 Å². The zero-order valence-electron chi connectivity index (χ0n) is 8.57. The van der Waals surface area contributed by atoms with Crippen LogP contribution in [0.25, 0.3) is 0 Å². The first-order valence-corrected chi connectivity index (χ1v) is 6.28. The lowest BCUT2D eigenvalue weighted by molar-refractivity contribution is 0.191. The van der Waals surface area contributed by atoms with E-state index in [0.717, 1.165) is 10.7 Å². The summed E-state index contributed by atoms with van der Waals surface area (Å²) in [6, 6.07) is 0. The van der Waals surface area contributed by atoms with Crippen LogP contribution in [0.3, 0.4) is 0 Å². The molecule has 1 heterocycles. The molecule has 15 heavy (non-hydrogen) atoms. The molecule has 0 bridgehead atoms. The van der Waals surface area contributed by atoms with E-state index in [1.807, 2.05) is 6.92 Å². The molecule has 0 aliphatic carbocycles. The summed E-state index contributed by atoms with van der Waals surface area (Å²) in [4.78, 5) is 0. The molecule has 1 aliphatic rings. The highest BCUT2D eigenvalue weighted by Gasteiger charge is 2.36. The molecule has 0 aromatic rings. The van der Waals surface area contributed by atoms with Gasteiger partial charge in [-0.1, -0.05) is 13.0 Å². The van der Waals surface area contributed by atoms with E-state index in [0.29, 0.717) is 0 Å². The Morgan fingerprint density at radius 2 is 2.07 bits per heavy atom. The first-order chi connectivity index (χ1) is 6.87. The van der Waals surface area contributed by atoms with Gasteiger partial charge in [-0.3, -0.25) is 0 Å². The summed E-state index contributed by atoms with van der Waals surface area (Å²) in [5.74, 6) is -3.26. The van der Waals surface area contributed by atoms with Crippen molar-refractivity contribution in [3.05, 3.63) is 12.7 Å². The molecule has 0 amide bonds. The van der Waals surface area contributed by atoms with Gasteiger partial charge in [-0.05, 0) is 18.3 Å². The molecule has 3 nitrogen and oxygen atoms in total. The Morgan fingerprint density at radius 3 is 2.53 bits per heavy atom. The van der Waals surface area contributed by atoms with Gasteiger partial charge in [-0.25, -0.2) is 8.42 Å². The van der Waals surface area contributed by atoms with Gasteiger partial charge in [0.1, 0.15) is 0 Å². The fourth-order valence-electron chi connectivity index (χ4n) is 1.84. The van der Waals surface area contributed by atoms with Crippen molar-refractivity contribution < 1.29 is 17.2 Å². The van der Waals surface area contributed by atoms with Gasteiger partial charge < -0.3 is 0 Å². The normalized spacial score (nSPS) is 29.3. The molecule has 0 radical (unpaired) electrons. The van der Waals surface area contributed by atoms with Gasteiger partial charge >= 0.3 is 5.76 Å². The van der Waals surface area contributed by atoms with Crippen LogP contribution >= 0.6 is 0 Å². The summed E-state index contributed by atoms with van der Waals surface area (Å²) in [7, 11) is -4.42. The number of rotatable bonds is 3. The molecule has 1 rings (SSSR count). The molecule has 0 spiro atoms. The second-order valence-electron chi connectivity index (χ2n) is 3.96. The van der Waals surface area contributed by atoms with Crippen molar-refractivity contribution in [3.63, 3.8) is 0 Å². The predicted octanol–water partition coefficient (Wildman–Crippen LogP) is 1.68. The summed E-state index contributed by atoms with van der Waals surface area (Å²) in [6.07, 6.45) is 2.43. The van der Waals surface area contributed by atoms with E-state index in [9.17, 15) is 17.2 Å². The fourth-order valence-corrected chi connectivity index (χ4v) is 2.93. The highest BCUT2D eigenvalue weighted by molar-refractivity contribution is 7.89. The first kappa shape index (κ1) is 12.6. The number of hydrogen-bond acceptors (Lipinski definition) is 2. The van der Waals surface area contributed by atoms with Crippen LogP contribution in [0.2, 0.25) is 0 Å². The minimum Gasteiger partial charge on any atom is -0.206 e. The van der Waals surface area contributed by atoms with Crippen LogP contribution in [0.4, 0.5) is 8.78 Å². The quantitative estimate of drug-likeness (QED) is 0.703. The molecule has 0 saturated carbocycles. The number of piperidine rings is 1. The molecule has 1 saturated heterocycles. The van der Waals surface area contributed by atoms with Crippen LogP contribution in [0, 0.1) is 11.8 Å². The maximum Gasteiger partial charge on any atom is 0.350 e. The van der Waals surface area contributed by atoms with E-state index >= 15 is 0 Å². The van der Waals surface area contributed by atoms with Crippen molar-refractivity contribution >= 4 is 10.0 Å². The molecule has 1 aliphatic heterocycles. The summed E-state index contributed by atoms with van der Waals surface area (Å²) in [5, 5.41) is 0. The van der Waals surface area contributed by atoms with Gasteiger partial charge in [0.05, 0.1) is 0 Å². The zero-order chi connectivity index (χ0) is 11.6. The van der Waals surface area contributed by atoms with E-state index in [-0.39, 0.29) is 24.9 Å². The molecule has 0 N–H and O–H groups in total. The molecule has 0 aromatic heterocycles. The maximum absolute atomic E-state index is 12.3. The second kappa shape index (κ2) is 4.57. The topological polar surface area (TPSA) is 37.4 Å². The van der Waals surface area contributed by atoms with E-state index < -0.39 is 15.8 Å². The Morgan fingerprint density at radius 1 is 1.47 bits per heavy atom. The van der Waals surface area contributed by atoms with Crippen molar-refractivity contribution in [2.24, 2.45) is 11.8 Å². The third kappa shape index (κ3) is 2.75. The fraction of sp³-hybridized carbons (Fsp3) is 0.778. The van der Waals surface area contributed by atoms with E-state index in [1.165, 1.54) is 0 Å². The van der Waals surface area contributed by atoms with Crippen LogP contribution in [-0.4, -0.2) is 31.6 Å². The van der Waals surface area contributed by atoms with Gasteiger partial charge in [0, 0.05) is 13.1 Å². The largest absolute Gasteiger partial charge is 0.350 e. The van der Waals surface area contributed by atoms with Crippen LogP contribution in [-0.2, 0) is 10.0 Å². The smallest absolute Gasteiger partial charge is 0.206 e. The van der Waals surface area contributed by atoms with Crippen LogP contribution < -0.4 is 0 Å². The molecule has 2 atom stereocenters. The number of hydrogen-bond donors (Lipinski definition) is 0. The van der Waals surface area contributed by atoms with Crippen molar-refractivity contribution in [2.75, 3.05) is 13.1 Å². The van der Waals surface area contributed by atoms with Crippen LogP contribution in [0.15, 0.2) is 12.7 Å². The Kier molecular flexibility index (Phi) is 3.83. The third-order valence-electron chi connectivity index (χ3n) is 2.58. The lowest BCUT2D eigenvalue weighted by atomic mass is 9.92. The lowest BCUT2D eigenvalue weighted by Crippen LogP contribution is -2.45. The number of nitrogens with zero attached hydrogens (tertiary/aromatic N) is 1. The van der Waals surface area contributed by atoms with E-state index in [1.54, 1.807) is 6.08 Å². The van der Waals surface area contributed by atoms with Gasteiger partial charge in [0.15, 0.2) is 0 Å². The third-order valence-corrected chi connectivity index (χ3v) is 4.05. The predicted molar refractivity (Wildman–Crippen MR) is 54.0 cm³/mol. The molecular formula is C9H15F2NO2S. The van der Waals surface area contributed by atoms with E-state index in [2.05, 4.69) is 6.58 Å².